The summed E-state index contributed by atoms with van der Waals surface area (Å²) < 4.78 is 13.2. The van der Waals surface area contributed by atoms with Crippen molar-refractivity contribution in [1.82, 2.24) is 0 Å². The van der Waals surface area contributed by atoms with Gasteiger partial charge in [-0.3, -0.25) is 14.4 Å². The number of rotatable bonds is 5. The van der Waals surface area contributed by atoms with Crippen LogP contribution >= 0.6 is 0 Å². The van der Waals surface area contributed by atoms with E-state index in [0.717, 1.165) is 0 Å². The largest absolute Gasteiger partial charge is 0.466 e. The predicted molar refractivity (Wildman–Crippen MR) is 108 cm³/mol. The highest BCUT2D eigenvalue weighted by Gasteiger charge is 2.23. The van der Waals surface area contributed by atoms with Crippen molar-refractivity contribution in [3.63, 3.8) is 0 Å². The minimum absolute atomic E-state index is 0.0485. The Morgan fingerprint density at radius 1 is 0.778 bits per heavy atom. The quantitative estimate of drug-likeness (QED) is 0.505. The van der Waals surface area contributed by atoms with E-state index in [1.54, 1.807) is 27.7 Å². The van der Waals surface area contributed by atoms with Crippen molar-refractivity contribution in [3.8, 4) is 0 Å². The minimum Gasteiger partial charge on any atom is -0.466 e. The van der Waals surface area contributed by atoms with E-state index in [2.05, 4.69) is 9.47 Å². The van der Waals surface area contributed by atoms with Crippen LogP contribution in [0, 0.1) is 5.41 Å². The molecule has 0 N–H and O–H groups in total. The Hall–Kier alpha value is -1.92. The van der Waals surface area contributed by atoms with Crippen molar-refractivity contribution in [2.45, 2.75) is 82.6 Å². The monoisotopic (exact) mass is 394 g/mol. The molecule has 0 saturated heterocycles. The van der Waals surface area contributed by atoms with Crippen molar-refractivity contribution < 1.29 is 33.4 Å². The Morgan fingerprint density at radius 2 is 1.19 bits per heavy atom. The number of Topliss-reactive ketones (excluding diaryl/α,β-unsaturated/α-hetero) is 1. The molecule has 0 radical (unpaired) electrons. The lowest BCUT2D eigenvalue weighted by molar-refractivity contribution is -0.155. The molecule has 7 heteroatoms. The summed E-state index contributed by atoms with van der Waals surface area (Å²) in [5.74, 6) is -1.41. The molecule has 164 valence electrons. The summed E-state index contributed by atoms with van der Waals surface area (Å²) in [6.07, 6.45) is 0.414. The van der Waals surface area contributed by atoms with Gasteiger partial charge in [-0.15, -0.1) is 0 Å². The van der Waals surface area contributed by atoms with Crippen LogP contribution in [0.15, 0.2) is 0 Å². The molecule has 0 aliphatic heterocycles. The van der Waals surface area contributed by atoms with Gasteiger partial charge in [-0.05, 0) is 20.8 Å². The fourth-order valence-corrected chi connectivity index (χ4v) is 0.684. The lowest BCUT2D eigenvalue weighted by Gasteiger charge is -2.15. The van der Waals surface area contributed by atoms with Crippen molar-refractivity contribution in [2.75, 3.05) is 20.3 Å². The molecule has 0 aromatic rings. The molecule has 0 aromatic carbocycles. The fourth-order valence-electron chi connectivity index (χ4n) is 0.684. The molecular formula is C20H42O7. The van der Waals surface area contributed by atoms with Crippen molar-refractivity contribution in [2.24, 2.45) is 5.41 Å². The average Bonchev–Trinajstić information content (AvgIpc) is 2.68. The van der Waals surface area contributed by atoms with Gasteiger partial charge in [-0.25, -0.2) is 4.79 Å². The topological polar surface area (TPSA) is 96.0 Å². The second-order valence-electron chi connectivity index (χ2n) is 5.07. The van der Waals surface area contributed by atoms with Crippen LogP contribution < -0.4 is 0 Å². The maximum Gasteiger partial charge on any atom is 0.344 e. The van der Waals surface area contributed by atoms with Gasteiger partial charge in [0, 0.05) is 13.3 Å². The molecule has 0 unspecified atom stereocenters. The Balaban J connectivity index is -0.0000000952. The van der Waals surface area contributed by atoms with Gasteiger partial charge in [0.1, 0.15) is 6.61 Å². The second-order valence-corrected chi connectivity index (χ2v) is 5.07. The summed E-state index contributed by atoms with van der Waals surface area (Å²) in [4.78, 5) is 42.1. The molecule has 0 saturated carbocycles. The lowest BCUT2D eigenvalue weighted by Crippen LogP contribution is -2.25. The SMILES string of the molecule is CC.CC.CC.CCC(=O)COC(=O)C(C)(C)C.COC(=O)COC(C)=O. The van der Waals surface area contributed by atoms with Gasteiger partial charge in [0.05, 0.1) is 12.5 Å². The molecule has 0 heterocycles. The number of esters is 3. The van der Waals surface area contributed by atoms with Crippen LogP contribution in [0.5, 0.6) is 0 Å². The van der Waals surface area contributed by atoms with Crippen molar-refractivity contribution in [1.29, 1.82) is 0 Å². The predicted octanol–water partition coefficient (Wildman–Crippen LogP) is 4.36. The first-order valence-electron chi connectivity index (χ1n) is 9.43. The first-order valence-corrected chi connectivity index (χ1v) is 9.43. The van der Waals surface area contributed by atoms with Gasteiger partial charge in [0.2, 0.25) is 0 Å². The van der Waals surface area contributed by atoms with Gasteiger partial charge >= 0.3 is 17.9 Å². The van der Waals surface area contributed by atoms with Crippen LogP contribution in [-0.4, -0.2) is 44.0 Å². The average molecular weight is 395 g/mol. The van der Waals surface area contributed by atoms with Crippen LogP contribution in [0.25, 0.3) is 0 Å². The second kappa shape index (κ2) is 26.3. The molecule has 0 amide bonds. The number of ether oxygens (including phenoxy) is 3. The molecule has 0 aromatic heterocycles. The highest BCUT2D eigenvalue weighted by Crippen LogP contribution is 2.14. The van der Waals surface area contributed by atoms with Gasteiger partial charge in [-0.2, -0.15) is 0 Å². The van der Waals surface area contributed by atoms with Crippen LogP contribution in [0.4, 0.5) is 0 Å². The molecule has 0 fully saturated rings. The molecule has 7 nitrogen and oxygen atoms in total. The van der Waals surface area contributed by atoms with Crippen LogP contribution in [0.1, 0.15) is 82.6 Å². The summed E-state index contributed by atoms with van der Waals surface area (Å²) in [5.41, 5.74) is -0.520. The van der Waals surface area contributed by atoms with E-state index in [4.69, 9.17) is 4.74 Å². The van der Waals surface area contributed by atoms with E-state index < -0.39 is 17.4 Å². The zero-order valence-electron chi connectivity index (χ0n) is 19.5. The third-order valence-electron chi connectivity index (χ3n) is 1.99. The molecule has 0 rings (SSSR count). The number of hydrogen-bond donors (Lipinski definition) is 0. The normalized spacial score (nSPS) is 8.30. The van der Waals surface area contributed by atoms with Gasteiger partial charge in [-0.1, -0.05) is 48.5 Å². The Labute approximate surface area is 166 Å². The Kier molecular flexibility index (Phi) is 35.1. The van der Waals surface area contributed by atoms with E-state index in [1.165, 1.54) is 14.0 Å². The van der Waals surface area contributed by atoms with Crippen LogP contribution in [0.3, 0.4) is 0 Å². The molecule has 0 atom stereocenters. The number of methoxy groups -OCH3 is 1. The number of carbonyl (C=O) groups excluding carboxylic acids is 4. The molecule has 27 heavy (non-hydrogen) atoms. The van der Waals surface area contributed by atoms with Gasteiger partial charge < -0.3 is 14.2 Å². The van der Waals surface area contributed by atoms with E-state index in [9.17, 15) is 19.2 Å². The molecular weight excluding hydrogens is 352 g/mol. The maximum absolute atomic E-state index is 11.1. The summed E-state index contributed by atoms with van der Waals surface area (Å²) in [6, 6.07) is 0. The van der Waals surface area contributed by atoms with E-state index in [0.29, 0.717) is 6.42 Å². The zero-order valence-corrected chi connectivity index (χ0v) is 19.5. The van der Waals surface area contributed by atoms with Gasteiger partial charge in [0.15, 0.2) is 12.4 Å². The molecule has 0 spiro atoms. The fraction of sp³-hybridized carbons (Fsp3) is 0.800. The summed E-state index contributed by atoms with van der Waals surface area (Å²) in [6.45, 7) is 19.8. The highest BCUT2D eigenvalue weighted by atomic mass is 16.6. The lowest BCUT2D eigenvalue weighted by atomic mass is 9.97. The summed E-state index contributed by atoms with van der Waals surface area (Å²) in [7, 11) is 1.23. The third kappa shape index (κ3) is 35.9. The smallest absolute Gasteiger partial charge is 0.344 e. The number of carbonyl (C=O) groups is 4. The van der Waals surface area contributed by atoms with Crippen molar-refractivity contribution >= 4 is 23.7 Å². The van der Waals surface area contributed by atoms with Gasteiger partial charge in [0.25, 0.3) is 0 Å². The standard InChI is InChI=1S/C9H16O3.C5H8O4.3C2H6/c1-5-7(10)6-12-8(11)9(2,3)4;1-4(6)9-3-5(7)8-2;3*1-2/h5-6H2,1-4H3;3H2,1-2H3;3*1-2H3. The summed E-state index contributed by atoms with van der Waals surface area (Å²) in [5, 5.41) is 0. The van der Waals surface area contributed by atoms with Crippen molar-refractivity contribution in [3.05, 3.63) is 0 Å². The van der Waals surface area contributed by atoms with E-state index >= 15 is 0 Å². The first-order chi connectivity index (χ1) is 12.5. The number of ketones is 1. The molecule has 0 aliphatic rings. The Bertz CT molecular complexity index is 369. The minimum atomic E-state index is -0.551. The highest BCUT2D eigenvalue weighted by molar-refractivity contribution is 5.83. The third-order valence-corrected chi connectivity index (χ3v) is 1.99. The van der Waals surface area contributed by atoms with E-state index in [-0.39, 0.29) is 25.0 Å². The first kappa shape index (κ1) is 36.1. The Morgan fingerprint density at radius 3 is 1.44 bits per heavy atom. The van der Waals surface area contributed by atoms with E-state index in [1.807, 2.05) is 41.5 Å². The molecule has 0 aliphatic carbocycles. The zero-order chi connectivity index (χ0) is 23.1. The van der Waals surface area contributed by atoms with Crippen LogP contribution in [0.2, 0.25) is 0 Å². The maximum atomic E-state index is 11.1. The molecule has 0 bridgehead atoms. The van der Waals surface area contributed by atoms with Crippen LogP contribution in [-0.2, 0) is 33.4 Å². The number of hydrogen-bond acceptors (Lipinski definition) is 7. The summed E-state index contributed by atoms with van der Waals surface area (Å²) >= 11 is 0.